The van der Waals surface area contributed by atoms with Crippen LogP contribution >= 0.6 is 22.9 Å². The monoisotopic (exact) mass is 445 g/mol. The lowest BCUT2D eigenvalue weighted by molar-refractivity contribution is -0.384. The molecular weight excluding hydrogens is 430 g/mol. The number of carbonyl (C=O) groups excluding carboxylic acids is 2. The van der Waals surface area contributed by atoms with E-state index in [2.05, 4.69) is 20.8 Å². The highest BCUT2D eigenvalue weighted by Gasteiger charge is 2.15. The van der Waals surface area contributed by atoms with Gasteiger partial charge in [-0.3, -0.25) is 19.7 Å². The quantitative estimate of drug-likeness (QED) is 0.420. The van der Waals surface area contributed by atoms with Gasteiger partial charge in [0.2, 0.25) is 11.0 Å². The molecule has 0 spiro atoms. The Morgan fingerprint density at radius 2 is 2.00 bits per heavy atom. The van der Waals surface area contributed by atoms with Crippen molar-refractivity contribution in [2.24, 2.45) is 0 Å². The van der Waals surface area contributed by atoms with E-state index in [0.29, 0.717) is 10.1 Å². The molecule has 2 aromatic carbocycles. The van der Waals surface area contributed by atoms with Crippen LogP contribution in [0.4, 0.5) is 10.8 Å². The summed E-state index contributed by atoms with van der Waals surface area (Å²) in [6, 6.07) is 11.3. The van der Waals surface area contributed by atoms with Gasteiger partial charge in [0.05, 0.1) is 15.5 Å². The molecule has 0 saturated carbocycles. The Hall–Kier alpha value is -3.37. The molecule has 0 atom stereocenters. The number of benzene rings is 2. The van der Waals surface area contributed by atoms with E-state index < -0.39 is 10.8 Å². The third kappa shape index (κ3) is 5.37. The zero-order valence-corrected chi connectivity index (χ0v) is 17.3. The molecule has 11 heteroatoms. The minimum Gasteiger partial charge on any atom is -0.351 e. The molecule has 0 aliphatic rings. The summed E-state index contributed by atoms with van der Waals surface area (Å²) in [6.45, 7) is 2.03. The van der Waals surface area contributed by atoms with Crippen LogP contribution in [0.5, 0.6) is 0 Å². The van der Waals surface area contributed by atoms with Crippen molar-refractivity contribution in [3.8, 4) is 10.6 Å². The third-order valence-corrected chi connectivity index (χ3v) is 5.18. The largest absolute Gasteiger partial charge is 0.351 e. The predicted molar refractivity (Wildman–Crippen MR) is 114 cm³/mol. The molecular formula is C19H16ClN5O4S. The number of aryl methyl sites for hydroxylation is 1. The van der Waals surface area contributed by atoms with Gasteiger partial charge in [-0.2, -0.15) is 0 Å². The average molecular weight is 446 g/mol. The summed E-state index contributed by atoms with van der Waals surface area (Å²) in [5.74, 6) is -0.864. The first-order chi connectivity index (χ1) is 14.3. The molecule has 0 aliphatic heterocycles. The van der Waals surface area contributed by atoms with E-state index in [1.165, 1.54) is 23.5 Å². The Labute approximate surface area is 180 Å². The number of hydrogen-bond donors (Lipinski definition) is 2. The molecule has 0 unspecified atom stereocenters. The summed E-state index contributed by atoms with van der Waals surface area (Å²) in [5, 5.41) is 25.0. The van der Waals surface area contributed by atoms with Gasteiger partial charge in [0.15, 0.2) is 0 Å². The van der Waals surface area contributed by atoms with Crippen LogP contribution in [0.2, 0.25) is 5.02 Å². The van der Waals surface area contributed by atoms with Crippen molar-refractivity contribution in [1.82, 2.24) is 15.5 Å². The van der Waals surface area contributed by atoms with Gasteiger partial charge in [-0.05, 0) is 19.1 Å². The molecule has 3 rings (SSSR count). The topological polar surface area (TPSA) is 127 Å². The van der Waals surface area contributed by atoms with Crippen molar-refractivity contribution in [3.05, 3.63) is 68.7 Å². The number of rotatable bonds is 7. The number of non-ortho nitro benzene ring substituents is 1. The second-order valence-electron chi connectivity index (χ2n) is 6.26. The van der Waals surface area contributed by atoms with Crippen LogP contribution in [-0.4, -0.2) is 33.5 Å². The van der Waals surface area contributed by atoms with E-state index in [0.717, 1.165) is 17.2 Å². The van der Waals surface area contributed by atoms with E-state index in [-0.39, 0.29) is 35.1 Å². The molecule has 30 heavy (non-hydrogen) atoms. The van der Waals surface area contributed by atoms with Crippen molar-refractivity contribution >= 4 is 45.6 Å². The molecule has 9 nitrogen and oxygen atoms in total. The first-order valence-electron chi connectivity index (χ1n) is 8.76. The zero-order valence-electron chi connectivity index (χ0n) is 15.7. The van der Waals surface area contributed by atoms with Crippen molar-refractivity contribution < 1.29 is 14.5 Å². The Kier molecular flexibility index (Phi) is 6.70. The third-order valence-electron chi connectivity index (χ3n) is 3.98. The van der Waals surface area contributed by atoms with E-state index >= 15 is 0 Å². The van der Waals surface area contributed by atoms with Gasteiger partial charge in [0.25, 0.3) is 11.6 Å². The summed E-state index contributed by atoms with van der Waals surface area (Å²) in [4.78, 5) is 34.4. The van der Waals surface area contributed by atoms with Crippen LogP contribution < -0.4 is 10.6 Å². The number of nitro benzene ring substituents is 1. The first kappa shape index (κ1) is 21.3. The number of nitro groups is 1. The summed E-state index contributed by atoms with van der Waals surface area (Å²) in [6.07, 6.45) is 0.00962. The number of aromatic nitrogens is 2. The van der Waals surface area contributed by atoms with Crippen LogP contribution in [0, 0.1) is 17.0 Å². The highest BCUT2D eigenvalue weighted by molar-refractivity contribution is 7.18. The SMILES string of the molecule is Cc1cccc(-c2nnc(NC(=O)CCNC(=O)c3ccc([N+](=O)[O-])cc3Cl)s2)c1. The smallest absolute Gasteiger partial charge is 0.270 e. The molecule has 1 heterocycles. The maximum atomic E-state index is 12.2. The summed E-state index contributed by atoms with van der Waals surface area (Å²) in [7, 11) is 0. The summed E-state index contributed by atoms with van der Waals surface area (Å²) >= 11 is 7.17. The molecule has 0 fully saturated rings. The molecule has 3 aromatic rings. The van der Waals surface area contributed by atoms with E-state index in [1.54, 1.807) is 0 Å². The molecule has 2 N–H and O–H groups in total. The molecule has 0 radical (unpaired) electrons. The first-order valence-corrected chi connectivity index (χ1v) is 9.95. The summed E-state index contributed by atoms with van der Waals surface area (Å²) in [5.41, 5.74) is 1.89. The number of nitrogens with zero attached hydrogens (tertiary/aromatic N) is 3. The number of anilines is 1. The van der Waals surface area contributed by atoms with Gasteiger partial charge in [-0.25, -0.2) is 0 Å². The fourth-order valence-electron chi connectivity index (χ4n) is 2.54. The summed E-state index contributed by atoms with van der Waals surface area (Å²) < 4.78 is 0. The highest BCUT2D eigenvalue weighted by atomic mass is 35.5. The van der Waals surface area contributed by atoms with Crippen molar-refractivity contribution in [2.75, 3.05) is 11.9 Å². The Morgan fingerprint density at radius 3 is 2.70 bits per heavy atom. The minimum absolute atomic E-state index is 0.00962. The number of hydrogen-bond acceptors (Lipinski definition) is 7. The van der Waals surface area contributed by atoms with Crippen molar-refractivity contribution in [3.63, 3.8) is 0 Å². The van der Waals surface area contributed by atoms with Crippen LogP contribution in [0.3, 0.4) is 0 Å². The lowest BCUT2D eigenvalue weighted by atomic mass is 10.1. The lowest BCUT2D eigenvalue weighted by Gasteiger charge is -2.06. The molecule has 0 aliphatic carbocycles. The highest BCUT2D eigenvalue weighted by Crippen LogP contribution is 2.27. The van der Waals surface area contributed by atoms with Crippen LogP contribution in [0.25, 0.3) is 10.6 Å². The fourth-order valence-corrected chi connectivity index (χ4v) is 3.55. The van der Waals surface area contributed by atoms with Crippen LogP contribution in [0.1, 0.15) is 22.3 Å². The second kappa shape index (κ2) is 9.42. The minimum atomic E-state index is -0.601. The van der Waals surface area contributed by atoms with Gasteiger partial charge < -0.3 is 10.6 Å². The molecule has 1 aromatic heterocycles. The van der Waals surface area contributed by atoms with Gasteiger partial charge in [0, 0.05) is 30.7 Å². The normalized spacial score (nSPS) is 10.5. The standard InChI is InChI=1S/C19H16ClN5O4S/c1-11-3-2-4-12(9-11)18-23-24-19(30-18)22-16(26)7-8-21-17(27)14-6-5-13(25(28)29)10-15(14)20/h2-6,9-10H,7-8H2,1H3,(H,21,27)(H,22,24,26). The van der Waals surface area contributed by atoms with E-state index in [9.17, 15) is 19.7 Å². The Bertz CT molecular complexity index is 1120. The molecule has 154 valence electrons. The Balaban J connectivity index is 1.51. The number of carbonyl (C=O) groups is 2. The van der Waals surface area contributed by atoms with Crippen molar-refractivity contribution in [1.29, 1.82) is 0 Å². The second-order valence-corrected chi connectivity index (χ2v) is 7.64. The van der Waals surface area contributed by atoms with Crippen LogP contribution in [-0.2, 0) is 4.79 Å². The average Bonchev–Trinajstić information content (AvgIpc) is 3.16. The van der Waals surface area contributed by atoms with Gasteiger partial charge >= 0.3 is 0 Å². The van der Waals surface area contributed by atoms with E-state index in [4.69, 9.17) is 11.6 Å². The lowest BCUT2D eigenvalue weighted by Crippen LogP contribution is -2.27. The maximum Gasteiger partial charge on any atom is 0.270 e. The van der Waals surface area contributed by atoms with Gasteiger partial charge in [-0.15, -0.1) is 10.2 Å². The molecule has 0 bridgehead atoms. The van der Waals surface area contributed by atoms with E-state index in [1.807, 2.05) is 31.2 Å². The molecule has 0 saturated heterocycles. The maximum absolute atomic E-state index is 12.2. The number of nitrogens with one attached hydrogen (secondary N) is 2. The fraction of sp³-hybridized carbons (Fsp3) is 0.158. The predicted octanol–water partition coefficient (Wildman–Crippen LogP) is 3.83. The van der Waals surface area contributed by atoms with Gasteiger partial charge in [-0.1, -0.05) is 46.7 Å². The zero-order chi connectivity index (χ0) is 21.7. The van der Waals surface area contributed by atoms with Crippen LogP contribution in [0.15, 0.2) is 42.5 Å². The molecule has 2 amide bonds. The van der Waals surface area contributed by atoms with Crippen molar-refractivity contribution in [2.45, 2.75) is 13.3 Å². The number of amides is 2. The van der Waals surface area contributed by atoms with Gasteiger partial charge in [0.1, 0.15) is 5.01 Å². The number of halogens is 1. The Morgan fingerprint density at radius 1 is 1.20 bits per heavy atom.